The molecule has 66 valence electrons. The second-order valence-electron chi connectivity index (χ2n) is 2.63. The monoisotopic (exact) mass is 164 g/mol. The molecule has 0 saturated heterocycles. The van der Waals surface area contributed by atoms with Crippen molar-refractivity contribution in [3.8, 4) is 0 Å². The largest absolute Gasteiger partial charge is 0.267 e. The SMILES string of the molecule is C=CC=N/C(=C\N=CC)C(C)C. The third-order valence-corrected chi connectivity index (χ3v) is 1.28. The lowest BCUT2D eigenvalue weighted by molar-refractivity contribution is 0.756. The molecule has 0 aliphatic rings. The molecule has 0 fully saturated rings. The second-order valence-corrected chi connectivity index (χ2v) is 2.63. The van der Waals surface area contributed by atoms with E-state index in [2.05, 4.69) is 30.4 Å². The molecule has 0 amide bonds. The van der Waals surface area contributed by atoms with E-state index in [1.807, 2.05) is 6.92 Å². The number of hydrogen-bond acceptors (Lipinski definition) is 2. The van der Waals surface area contributed by atoms with Gasteiger partial charge in [0.2, 0.25) is 0 Å². The Kier molecular flexibility index (Phi) is 5.88. The van der Waals surface area contributed by atoms with Crippen LogP contribution in [0.1, 0.15) is 20.8 Å². The molecule has 0 aromatic carbocycles. The Morgan fingerprint density at radius 2 is 2.08 bits per heavy atom. The predicted molar refractivity (Wildman–Crippen MR) is 55.8 cm³/mol. The summed E-state index contributed by atoms with van der Waals surface area (Å²) in [6.45, 7) is 9.60. The highest BCUT2D eigenvalue weighted by atomic mass is 14.8. The van der Waals surface area contributed by atoms with Crippen molar-refractivity contribution >= 4 is 12.4 Å². The number of rotatable bonds is 4. The Morgan fingerprint density at radius 3 is 2.50 bits per heavy atom. The third kappa shape index (κ3) is 4.61. The van der Waals surface area contributed by atoms with Crippen molar-refractivity contribution in [1.29, 1.82) is 0 Å². The Bertz CT molecular complexity index is 210. The van der Waals surface area contributed by atoms with Crippen molar-refractivity contribution in [1.82, 2.24) is 0 Å². The fourth-order valence-electron chi connectivity index (χ4n) is 0.621. The molecule has 0 aliphatic heterocycles. The second kappa shape index (κ2) is 6.53. The highest BCUT2D eigenvalue weighted by Crippen LogP contribution is 2.09. The highest BCUT2D eigenvalue weighted by Gasteiger charge is 1.97. The maximum atomic E-state index is 4.18. The van der Waals surface area contributed by atoms with Crippen molar-refractivity contribution in [2.45, 2.75) is 20.8 Å². The van der Waals surface area contributed by atoms with Crippen molar-refractivity contribution in [2.75, 3.05) is 0 Å². The topological polar surface area (TPSA) is 24.7 Å². The molecule has 0 unspecified atom stereocenters. The van der Waals surface area contributed by atoms with Crippen LogP contribution in [0.3, 0.4) is 0 Å². The molecule has 0 bridgehead atoms. The quantitative estimate of drug-likeness (QED) is 0.571. The summed E-state index contributed by atoms with van der Waals surface area (Å²) in [6, 6.07) is 0. The van der Waals surface area contributed by atoms with Gasteiger partial charge in [0.05, 0.1) is 5.70 Å². The van der Waals surface area contributed by atoms with Crippen LogP contribution < -0.4 is 0 Å². The van der Waals surface area contributed by atoms with Gasteiger partial charge in [-0.1, -0.05) is 26.5 Å². The van der Waals surface area contributed by atoms with Crippen LogP contribution in [0.25, 0.3) is 0 Å². The highest BCUT2D eigenvalue weighted by molar-refractivity contribution is 5.71. The lowest BCUT2D eigenvalue weighted by Gasteiger charge is -2.02. The first-order valence-corrected chi connectivity index (χ1v) is 4.05. The minimum absolute atomic E-state index is 0.393. The molecule has 0 heterocycles. The van der Waals surface area contributed by atoms with Crippen LogP contribution in [0.2, 0.25) is 0 Å². The zero-order valence-electron chi connectivity index (χ0n) is 7.99. The standard InChI is InChI=1S/C10H16N2/c1-5-7-12-10(9(3)4)8-11-6-2/h5-9H,1H2,2-4H3/b10-8-,11-6?,12-7?. The van der Waals surface area contributed by atoms with Gasteiger partial charge in [0.1, 0.15) is 0 Å². The van der Waals surface area contributed by atoms with Gasteiger partial charge in [0, 0.05) is 18.6 Å². The first-order chi connectivity index (χ1) is 5.72. The first-order valence-electron chi connectivity index (χ1n) is 4.05. The van der Waals surface area contributed by atoms with Gasteiger partial charge < -0.3 is 0 Å². The summed E-state index contributed by atoms with van der Waals surface area (Å²) >= 11 is 0. The Hall–Kier alpha value is -1.18. The van der Waals surface area contributed by atoms with Crippen molar-refractivity contribution in [3.63, 3.8) is 0 Å². The van der Waals surface area contributed by atoms with E-state index in [0.717, 1.165) is 5.70 Å². The summed E-state index contributed by atoms with van der Waals surface area (Å²) in [4.78, 5) is 8.19. The molecule has 12 heavy (non-hydrogen) atoms. The van der Waals surface area contributed by atoms with E-state index in [0.29, 0.717) is 5.92 Å². The van der Waals surface area contributed by atoms with Gasteiger partial charge in [-0.3, -0.25) is 9.98 Å². The Labute approximate surface area is 74.4 Å². The number of hydrogen-bond donors (Lipinski definition) is 0. The van der Waals surface area contributed by atoms with Gasteiger partial charge in [0.15, 0.2) is 0 Å². The van der Waals surface area contributed by atoms with Crippen LogP contribution in [0.5, 0.6) is 0 Å². The molecule has 2 heteroatoms. The fourth-order valence-corrected chi connectivity index (χ4v) is 0.621. The van der Waals surface area contributed by atoms with E-state index in [1.165, 1.54) is 0 Å². The molecule has 0 spiro atoms. The maximum absolute atomic E-state index is 4.18. The summed E-state index contributed by atoms with van der Waals surface area (Å²) in [7, 11) is 0. The van der Waals surface area contributed by atoms with Crippen LogP contribution in [0, 0.1) is 5.92 Å². The average molecular weight is 164 g/mol. The first kappa shape index (κ1) is 10.8. The summed E-state index contributed by atoms with van der Waals surface area (Å²) in [6.07, 6.45) is 6.85. The molecule has 0 aromatic rings. The van der Waals surface area contributed by atoms with Gasteiger partial charge in [-0.15, -0.1) is 0 Å². The molecule has 2 nitrogen and oxygen atoms in total. The smallest absolute Gasteiger partial charge is 0.0611 e. The van der Waals surface area contributed by atoms with E-state index in [9.17, 15) is 0 Å². The van der Waals surface area contributed by atoms with E-state index in [1.54, 1.807) is 24.7 Å². The Balaban J connectivity index is 4.42. The van der Waals surface area contributed by atoms with Crippen LogP contribution in [0.4, 0.5) is 0 Å². The van der Waals surface area contributed by atoms with Gasteiger partial charge in [-0.25, -0.2) is 0 Å². The summed E-state index contributed by atoms with van der Waals surface area (Å²) < 4.78 is 0. The Morgan fingerprint density at radius 1 is 1.42 bits per heavy atom. The third-order valence-electron chi connectivity index (χ3n) is 1.28. The molecule has 0 atom stereocenters. The zero-order chi connectivity index (χ0) is 9.40. The summed E-state index contributed by atoms with van der Waals surface area (Å²) in [5.74, 6) is 0.393. The molecule has 0 saturated carbocycles. The van der Waals surface area contributed by atoms with Crippen LogP contribution in [-0.4, -0.2) is 12.4 Å². The molecule has 0 aromatic heterocycles. The number of allylic oxidation sites excluding steroid dienone is 2. The van der Waals surface area contributed by atoms with E-state index in [4.69, 9.17) is 0 Å². The molecule has 0 rings (SSSR count). The molecular formula is C10H16N2. The number of nitrogens with zero attached hydrogens (tertiary/aromatic N) is 2. The average Bonchev–Trinajstić information content (AvgIpc) is 2.04. The van der Waals surface area contributed by atoms with Crippen molar-refractivity contribution in [2.24, 2.45) is 15.9 Å². The van der Waals surface area contributed by atoms with Gasteiger partial charge in [-0.05, 0) is 12.8 Å². The molecule has 0 radical (unpaired) electrons. The number of aliphatic imine (C=N–C) groups is 2. The normalized spacial score (nSPS) is 13.5. The molecular weight excluding hydrogens is 148 g/mol. The van der Waals surface area contributed by atoms with Crippen LogP contribution in [-0.2, 0) is 0 Å². The minimum Gasteiger partial charge on any atom is -0.267 e. The van der Waals surface area contributed by atoms with Crippen molar-refractivity contribution in [3.05, 3.63) is 24.6 Å². The van der Waals surface area contributed by atoms with Crippen molar-refractivity contribution < 1.29 is 0 Å². The summed E-state index contributed by atoms with van der Waals surface area (Å²) in [5.41, 5.74) is 0.966. The van der Waals surface area contributed by atoms with E-state index < -0.39 is 0 Å². The van der Waals surface area contributed by atoms with E-state index in [-0.39, 0.29) is 0 Å². The fraction of sp³-hybridized carbons (Fsp3) is 0.400. The maximum Gasteiger partial charge on any atom is 0.0611 e. The summed E-state index contributed by atoms with van der Waals surface area (Å²) in [5, 5.41) is 0. The van der Waals surface area contributed by atoms with Crippen LogP contribution >= 0.6 is 0 Å². The molecule has 0 aliphatic carbocycles. The minimum atomic E-state index is 0.393. The lowest BCUT2D eigenvalue weighted by atomic mass is 10.1. The van der Waals surface area contributed by atoms with Gasteiger partial charge in [-0.2, -0.15) is 0 Å². The van der Waals surface area contributed by atoms with E-state index >= 15 is 0 Å². The van der Waals surface area contributed by atoms with Gasteiger partial charge in [0.25, 0.3) is 0 Å². The predicted octanol–water partition coefficient (Wildman–Crippen LogP) is 2.83. The van der Waals surface area contributed by atoms with Crippen LogP contribution in [0.15, 0.2) is 34.5 Å². The van der Waals surface area contributed by atoms with Gasteiger partial charge >= 0.3 is 0 Å². The lowest BCUT2D eigenvalue weighted by Crippen LogP contribution is -1.90. The zero-order valence-corrected chi connectivity index (χ0v) is 7.99. The molecule has 0 N–H and O–H groups in total.